The van der Waals surface area contributed by atoms with Crippen molar-refractivity contribution in [2.75, 3.05) is 0 Å². The lowest BCUT2D eigenvalue weighted by Crippen LogP contribution is -2.51. The van der Waals surface area contributed by atoms with Crippen molar-refractivity contribution in [2.24, 2.45) is 40.4 Å². The van der Waals surface area contributed by atoms with E-state index < -0.39 is 0 Å². The van der Waals surface area contributed by atoms with Crippen molar-refractivity contribution in [3.8, 4) is 0 Å². The maximum Gasteiger partial charge on any atom is 0.302 e. The van der Waals surface area contributed by atoms with E-state index in [1.165, 1.54) is 39.0 Å². The Morgan fingerprint density at radius 1 is 1.19 bits per heavy atom. The molecule has 180 valence electrons. The summed E-state index contributed by atoms with van der Waals surface area (Å²) in [4.78, 5) is 11.7. The molecular weight excluding hydrogens is 400 g/mol. The van der Waals surface area contributed by atoms with Crippen molar-refractivity contribution in [1.29, 1.82) is 0 Å². The third-order valence-corrected chi connectivity index (χ3v) is 10.9. The summed E-state index contributed by atoms with van der Waals surface area (Å²) < 4.78 is 12.1. The van der Waals surface area contributed by atoms with Gasteiger partial charge in [0, 0.05) is 13.3 Å². The molecule has 0 amide bonds. The normalized spacial score (nSPS) is 51.2. The van der Waals surface area contributed by atoms with Gasteiger partial charge in [-0.1, -0.05) is 32.4 Å². The fourth-order valence-corrected chi connectivity index (χ4v) is 9.44. The van der Waals surface area contributed by atoms with Crippen LogP contribution in [0.3, 0.4) is 0 Å². The van der Waals surface area contributed by atoms with Crippen LogP contribution in [0.1, 0.15) is 92.4 Å². The van der Waals surface area contributed by atoms with E-state index in [0.717, 1.165) is 43.4 Å². The first-order chi connectivity index (χ1) is 15.1. The maximum absolute atomic E-state index is 11.7. The van der Waals surface area contributed by atoms with Gasteiger partial charge in [-0.05, 0) is 98.7 Å². The Bertz CT molecular complexity index is 775. The predicted octanol–water partition coefficient (Wildman–Crippen LogP) is 5.67. The number of carbonyl (C=O) groups is 1. The molecule has 5 aliphatic rings. The van der Waals surface area contributed by atoms with Crippen LogP contribution in [-0.4, -0.2) is 35.5 Å². The number of hydrogen-bond acceptors (Lipinski definition) is 4. The van der Waals surface area contributed by atoms with Gasteiger partial charge in [0.2, 0.25) is 0 Å². The quantitative estimate of drug-likeness (QED) is 0.450. The summed E-state index contributed by atoms with van der Waals surface area (Å²) >= 11 is 0. The molecule has 5 rings (SSSR count). The van der Waals surface area contributed by atoms with Crippen LogP contribution in [-0.2, 0) is 14.3 Å². The Morgan fingerprint density at radius 2 is 1.97 bits per heavy atom. The third kappa shape index (κ3) is 3.50. The van der Waals surface area contributed by atoms with Crippen LogP contribution >= 0.6 is 0 Å². The van der Waals surface area contributed by atoms with Gasteiger partial charge >= 0.3 is 5.97 Å². The van der Waals surface area contributed by atoms with Gasteiger partial charge in [0.25, 0.3) is 0 Å². The summed E-state index contributed by atoms with van der Waals surface area (Å²) in [5, 5.41) is 10.3. The fraction of sp³-hybridized carbons (Fsp3) is 0.893. The van der Waals surface area contributed by atoms with Gasteiger partial charge in [0.05, 0.1) is 18.3 Å². The molecule has 11 atom stereocenters. The maximum atomic E-state index is 11.7. The molecule has 3 saturated carbocycles. The van der Waals surface area contributed by atoms with Crippen LogP contribution < -0.4 is 0 Å². The molecule has 1 heterocycles. The SMILES string of the molecule is CC(=O)O[C@H]1C[C@@H](C)O[C@H]1[C@@H](C)[C@H]1CC[C@H]2[C@@H]3CC=C4C[C@@H](O)CC[C@]4(C)[C@H]3CC[C@]12C. The third-order valence-electron chi connectivity index (χ3n) is 10.9. The molecule has 4 nitrogen and oxygen atoms in total. The van der Waals surface area contributed by atoms with Crippen LogP contribution in [0.4, 0.5) is 0 Å². The Hall–Kier alpha value is -0.870. The average Bonchev–Trinajstić information content (AvgIpc) is 3.26. The van der Waals surface area contributed by atoms with Crippen molar-refractivity contribution in [1.82, 2.24) is 0 Å². The average molecular weight is 445 g/mol. The van der Waals surface area contributed by atoms with Crippen LogP contribution in [0, 0.1) is 40.4 Å². The van der Waals surface area contributed by atoms with Gasteiger partial charge in [-0.25, -0.2) is 0 Å². The molecule has 0 aromatic rings. The molecule has 0 bridgehead atoms. The second-order valence-corrected chi connectivity index (χ2v) is 12.5. The summed E-state index contributed by atoms with van der Waals surface area (Å²) in [5.74, 6) is 3.19. The lowest BCUT2D eigenvalue weighted by molar-refractivity contribution is -0.152. The molecular formula is C28H44O4. The van der Waals surface area contributed by atoms with E-state index in [4.69, 9.17) is 9.47 Å². The van der Waals surface area contributed by atoms with E-state index in [1.54, 1.807) is 5.57 Å². The topological polar surface area (TPSA) is 55.8 Å². The first-order valence-electron chi connectivity index (χ1n) is 13.3. The summed E-state index contributed by atoms with van der Waals surface area (Å²) in [6, 6.07) is 0. The van der Waals surface area contributed by atoms with Gasteiger partial charge in [-0.2, -0.15) is 0 Å². The van der Waals surface area contributed by atoms with Gasteiger partial charge in [-0.3, -0.25) is 4.79 Å². The highest BCUT2D eigenvalue weighted by atomic mass is 16.6. The molecule has 1 aliphatic heterocycles. The Labute approximate surface area is 194 Å². The Kier molecular flexibility index (Phi) is 5.81. The van der Waals surface area contributed by atoms with E-state index in [9.17, 15) is 9.90 Å². The zero-order valence-corrected chi connectivity index (χ0v) is 20.8. The predicted molar refractivity (Wildman–Crippen MR) is 125 cm³/mol. The Balaban J connectivity index is 1.37. The van der Waals surface area contributed by atoms with Crippen LogP contribution in [0.5, 0.6) is 0 Å². The number of esters is 1. The second kappa shape index (κ2) is 8.12. The van der Waals surface area contributed by atoms with Crippen molar-refractivity contribution < 1.29 is 19.4 Å². The standard InChI is InChI=1S/C28H44O4/c1-16-14-25(32-18(3)29)26(31-16)17(2)22-8-9-23-21-7-6-19-15-20(30)10-12-27(19,4)24(21)11-13-28(22,23)5/h6,16-17,20-26,30H,7-15H2,1-5H3/t16-,17+,20+,21+,22-,23+,24+,25+,26+,27+,28-/m1/s1. The van der Waals surface area contributed by atoms with E-state index in [-0.39, 0.29) is 30.4 Å². The van der Waals surface area contributed by atoms with Crippen LogP contribution in [0.2, 0.25) is 0 Å². The van der Waals surface area contributed by atoms with E-state index >= 15 is 0 Å². The highest BCUT2D eigenvalue weighted by Crippen LogP contribution is 2.67. The molecule has 4 aliphatic carbocycles. The zero-order valence-electron chi connectivity index (χ0n) is 20.8. The molecule has 0 unspecified atom stereocenters. The summed E-state index contributed by atoms with van der Waals surface area (Å²) in [5.41, 5.74) is 2.21. The van der Waals surface area contributed by atoms with Gasteiger partial charge in [-0.15, -0.1) is 0 Å². The minimum atomic E-state index is -0.184. The van der Waals surface area contributed by atoms with E-state index in [1.807, 2.05) is 0 Å². The number of ether oxygens (including phenoxy) is 2. The molecule has 4 fully saturated rings. The van der Waals surface area contributed by atoms with Gasteiger partial charge in [0.15, 0.2) is 0 Å². The van der Waals surface area contributed by atoms with E-state index in [0.29, 0.717) is 22.7 Å². The minimum Gasteiger partial charge on any atom is -0.460 e. The van der Waals surface area contributed by atoms with Crippen LogP contribution in [0.25, 0.3) is 0 Å². The molecule has 1 saturated heterocycles. The number of rotatable bonds is 3. The number of allylic oxidation sites excluding steroid dienone is 1. The lowest BCUT2D eigenvalue weighted by atomic mass is 9.47. The van der Waals surface area contributed by atoms with Gasteiger partial charge in [0.1, 0.15) is 6.10 Å². The molecule has 32 heavy (non-hydrogen) atoms. The van der Waals surface area contributed by atoms with Crippen LogP contribution in [0.15, 0.2) is 11.6 Å². The lowest BCUT2D eigenvalue weighted by Gasteiger charge is -2.58. The smallest absolute Gasteiger partial charge is 0.302 e. The van der Waals surface area contributed by atoms with E-state index in [2.05, 4.69) is 33.8 Å². The number of fused-ring (bicyclic) bond motifs is 5. The number of hydrogen-bond donors (Lipinski definition) is 1. The minimum absolute atomic E-state index is 0.0300. The molecule has 0 aromatic carbocycles. The first-order valence-corrected chi connectivity index (χ1v) is 13.3. The Morgan fingerprint density at radius 3 is 2.72 bits per heavy atom. The van der Waals surface area contributed by atoms with Crippen molar-refractivity contribution in [3.05, 3.63) is 11.6 Å². The number of carbonyl (C=O) groups excluding carboxylic acids is 1. The zero-order chi connectivity index (χ0) is 22.8. The first kappa shape index (κ1) is 22.9. The highest BCUT2D eigenvalue weighted by Gasteiger charge is 2.60. The summed E-state index contributed by atoms with van der Waals surface area (Å²) in [6.07, 6.45) is 12.8. The number of aliphatic hydroxyl groups is 1. The highest BCUT2D eigenvalue weighted by molar-refractivity contribution is 5.66. The largest absolute Gasteiger partial charge is 0.460 e. The van der Waals surface area contributed by atoms with Crippen molar-refractivity contribution >= 4 is 5.97 Å². The molecule has 0 aromatic heterocycles. The second-order valence-electron chi connectivity index (χ2n) is 12.5. The monoisotopic (exact) mass is 444 g/mol. The number of aliphatic hydroxyl groups excluding tert-OH is 1. The van der Waals surface area contributed by atoms with Gasteiger partial charge < -0.3 is 14.6 Å². The molecule has 0 radical (unpaired) electrons. The van der Waals surface area contributed by atoms with Crippen molar-refractivity contribution in [3.63, 3.8) is 0 Å². The molecule has 1 N–H and O–H groups in total. The summed E-state index contributed by atoms with van der Waals surface area (Å²) in [7, 11) is 0. The fourth-order valence-electron chi connectivity index (χ4n) is 9.44. The molecule has 0 spiro atoms. The summed E-state index contributed by atoms with van der Waals surface area (Å²) in [6.45, 7) is 11.1. The van der Waals surface area contributed by atoms with Crippen molar-refractivity contribution in [2.45, 2.75) is 117 Å². The molecule has 4 heteroatoms.